The van der Waals surface area contributed by atoms with Crippen LogP contribution >= 0.6 is 0 Å². The van der Waals surface area contributed by atoms with Gasteiger partial charge in [0.15, 0.2) is 0 Å². The smallest absolute Gasteiger partial charge is 0.256 e. The fourth-order valence-corrected chi connectivity index (χ4v) is 5.68. The number of carbonyl (C=O) groups excluding carboxylic acids is 2. The normalized spacial score (nSPS) is 18.8. The Morgan fingerprint density at radius 3 is 2.73 bits per heavy atom. The highest BCUT2D eigenvalue weighted by atomic mass is 19.1. The molecule has 196 valence electrons. The zero-order chi connectivity index (χ0) is 26.3. The molecule has 1 unspecified atom stereocenters. The summed E-state index contributed by atoms with van der Waals surface area (Å²) in [5.41, 5.74) is 4.25. The quantitative estimate of drug-likeness (QED) is 0.528. The van der Waals surface area contributed by atoms with Crippen molar-refractivity contribution in [2.45, 2.75) is 46.1 Å². The number of piperidine rings is 1. The second kappa shape index (κ2) is 10.2. The lowest BCUT2D eigenvalue weighted by atomic mass is 9.89. The van der Waals surface area contributed by atoms with Crippen LogP contribution in [-0.4, -0.2) is 70.4 Å². The van der Waals surface area contributed by atoms with Gasteiger partial charge < -0.3 is 19.7 Å². The first-order chi connectivity index (χ1) is 17.7. The molecule has 0 bridgehead atoms. The monoisotopic (exact) mass is 505 g/mol. The third-order valence-corrected chi connectivity index (χ3v) is 7.95. The van der Waals surface area contributed by atoms with Crippen molar-refractivity contribution in [2.24, 2.45) is 11.8 Å². The van der Waals surface area contributed by atoms with Crippen LogP contribution < -0.4 is 5.32 Å². The number of rotatable bonds is 7. The molecule has 2 aliphatic rings. The molecule has 2 amide bonds. The molecule has 2 aromatic heterocycles. The van der Waals surface area contributed by atoms with Gasteiger partial charge in [0.25, 0.3) is 5.91 Å². The Kier molecular flexibility index (Phi) is 7.03. The fraction of sp³-hybridized carbons (Fsp3) is 0.483. The highest BCUT2D eigenvalue weighted by Crippen LogP contribution is 2.33. The first-order valence-electron chi connectivity index (χ1n) is 13.2. The van der Waals surface area contributed by atoms with E-state index < -0.39 is 5.82 Å². The van der Waals surface area contributed by atoms with E-state index in [1.165, 1.54) is 17.7 Å². The van der Waals surface area contributed by atoms with E-state index in [0.29, 0.717) is 29.5 Å². The lowest BCUT2D eigenvalue weighted by Crippen LogP contribution is -2.51. The van der Waals surface area contributed by atoms with Gasteiger partial charge in [0, 0.05) is 63.5 Å². The molecule has 5 rings (SSSR count). The number of hydrogen-bond donors (Lipinski definition) is 1. The van der Waals surface area contributed by atoms with Crippen LogP contribution in [0.25, 0.3) is 16.6 Å². The predicted molar refractivity (Wildman–Crippen MR) is 142 cm³/mol. The van der Waals surface area contributed by atoms with Crippen LogP contribution in [0.5, 0.6) is 0 Å². The summed E-state index contributed by atoms with van der Waals surface area (Å²) in [4.78, 5) is 33.3. The summed E-state index contributed by atoms with van der Waals surface area (Å²) in [7, 11) is 1.75. The number of nitrogens with zero attached hydrogens (tertiary/aromatic N) is 4. The Bertz CT molecular complexity index is 1320. The van der Waals surface area contributed by atoms with Gasteiger partial charge in [-0.3, -0.25) is 14.6 Å². The first-order valence-corrected chi connectivity index (χ1v) is 13.2. The van der Waals surface area contributed by atoms with Crippen LogP contribution in [0.2, 0.25) is 0 Å². The van der Waals surface area contributed by atoms with Crippen LogP contribution in [0.1, 0.15) is 48.2 Å². The molecule has 3 aromatic rings. The molecule has 0 radical (unpaired) electrons. The summed E-state index contributed by atoms with van der Waals surface area (Å²) in [5.74, 6) is 0.615. The van der Waals surface area contributed by atoms with E-state index >= 15 is 0 Å². The van der Waals surface area contributed by atoms with Gasteiger partial charge in [-0.25, -0.2) is 4.39 Å². The summed E-state index contributed by atoms with van der Waals surface area (Å²) in [6, 6.07) is 4.43. The van der Waals surface area contributed by atoms with Gasteiger partial charge in [0.2, 0.25) is 5.91 Å². The van der Waals surface area contributed by atoms with Crippen LogP contribution in [0.15, 0.2) is 36.8 Å². The van der Waals surface area contributed by atoms with Crippen molar-refractivity contribution >= 4 is 22.7 Å². The molecule has 2 saturated heterocycles. The summed E-state index contributed by atoms with van der Waals surface area (Å²) in [6.07, 6.45) is 8.36. The first kappa shape index (κ1) is 25.4. The van der Waals surface area contributed by atoms with E-state index in [4.69, 9.17) is 0 Å². The molecule has 1 N–H and O–H groups in total. The van der Waals surface area contributed by atoms with E-state index in [2.05, 4.69) is 28.3 Å². The number of amides is 2. The summed E-state index contributed by atoms with van der Waals surface area (Å²) < 4.78 is 16.3. The van der Waals surface area contributed by atoms with Gasteiger partial charge in [-0.15, -0.1) is 0 Å². The predicted octanol–water partition coefficient (Wildman–Crippen LogP) is 3.95. The maximum absolute atomic E-state index is 14.3. The van der Waals surface area contributed by atoms with Crippen molar-refractivity contribution in [1.29, 1.82) is 0 Å². The summed E-state index contributed by atoms with van der Waals surface area (Å²) in [6.45, 7) is 9.85. The maximum Gasteiger partial charge on any atom is 0.256 e. The van der Waals surface area contributed by atoms with Gasteiger partial charge in [0.05, 0.1) is 23.0 Å². The lowest BCUT2D eigenvalue weighted by Gasteiger charge is -2.42. The molecule has 1 aromatic carbocycles. The van der Waals surface area contributed by atoms with Gasteiger partial charge in [-0.05, 0) is 74.8 Å². The van der Waals surface area contributed by atoms with Crippen LogP contribution in [0, 0.1) is 24.6 Å². The molecule has 2 fully saturated rings. The topological polar surface area (TPSA) is 70.5 Å². The van der Waals surface area contributed by atoms with Crippen molar-refractivity contribution in [3.8, 4) is 5.69 Å². The molecule has 37 heavy (non-hydrogen) atoms. The van der Waals surface area contributed by atoms with Gasteiger partial charge >= 0.3 is 0 Å². The second-order valence-corrected chi connectivity index (χ2v) is 11.0. The average Bonchev–Trinajstić information content (AvgIpc) is 3.22. The van der Waals surface area contributed by atoms with Crippen molar-refractivity contribution in [1.82, 2.24) is 24.7 Å². The maximum atomic E-state index is 14.3. The van der Waals surface area contributed by atoms with Gasteiger partial charge in [-0.2, -0.15) is 0 Å². The molecular weight excluding hydrogens is 469 g/mol. The van der Waals surface area contributed by atoms with Crippen molar-refractivity contribution in [3.05, 3.63) is 59.3 Å². The van der Waals surface area contributed by atoms with Crippen molar-refractivity contribution < 1.29 is 14.0 Å². The number of likely N-dealkylation sites (tertiary alicyclic amines) is 1. The standard InChI is InChI=1S/C29H36FN5O2/c1-18(2)33(4)29(37)24-10-23(30)6-7-25(24)35-17-22(28-19(3)11-31-13-26(28)35)9-21-15-34(16-21)14-20-5-8-27(36)32-12-20/h6-7,10-11,13,17-18,20-21H,5,8-9,12,14-16H2,1-4H3,(H,32,36). The number of halogens is 1. The largest absolute Gasteiger partial charge is 0.356 e. The Morgan fingerprint density at radius 2 is 2.03 bits per heavy atom. The van der Waals surface area contributed by atoms with E-state index in [1.807, 2.05) is 30.8 Å². The number of carbonyl (C=O) groups is 2. The molecule has 0 spiro atoms. The molecule has 7 nitrogen and oxygen atoms in total. The number of benzene rings is 1. The van der Waals surface area contributed by atoms with Crippen molar-refractivity contribution in [3.63, 3.8) is 0 Å². The Labute approximate surface area is 217 Å². The highest BCUT2D eigenvalue weighted by Gasteiger charge is 2.31. The average molecular weight is 506 g/mol. The number of aryl methyl sites for hydroxylation is 1. The number of nitrogens with one attached hydrogen (secondary N) is 1. The lowest BCUT2D eigenvalue weighted by molar-refractivity contribution is -0.123. The highest BCUT2D eigenvalue weighted by molar-refractivity contribution is 5.99. The van der Waals surface area contributed by atoms with E-state index in [9.17, 15) is 14.0 Å². The van der Waals surface area contributed by atoms with Crippen LogP contribution in [-0.2, 0) is 11.2 Å². The Balaban J connectivity index is 1.40. The number of hydrogen-bond acceptors (Lipinski definition) is 4. The Morgan fingerprint density at radius 1 is 1.24 bits per heavy atom. The number of aromatic nitrogens is 2. The molecular formula is C29H36FN5O2. The molecule has 4 heterocycles. The number of pyridine rings is 1. The minimum absolute atomic E-state index is 0.00376. The summed E-state index contributed by atoms with van der Waals surface area (Å²) in [5, 5.41) is 4.14. The second-order valence-electron chi connectivity index (χ2n) is 11.0. The van der Waals surface area contributed by atoms with Gasteiger partial charge in [0.1, 0.15) is 5.82 Å². The molecule has 0 saturated carbocycles. The summed E-state index contributed by atoms with van der Waals surface area (Å²) >= 11 is 0. The third kappa shape index (κ3) is 5.12. The van der Waals surface area contributed by atoms with Crippen LogP contribution in [0.4, 0.5) is 4.39 Å². The minimum atomic E-state index is -0.428. The molecule has 1 atom stereocenters. The van der Waals surface area contributed by atoms with E-state index in [1.54, 1.807) is 18.0 Å². The fourth-order valence-electron chi connectivity index (χ4n) is 5.68. The zero-order valence-electron chi connectivity index (χ0n) is 22.1. The minimum Gasteiger partial charge on any atom is -0.356 e. The molecule has 8 heteroatoms. The van der Waals surface area contributed by atoms with E-state index in [-0.39, 0.29) is 17.9 Å². The third-order valence-electron chi connectivity index (χ3n) is 7.95. The Hall–Kier alpha value is -3.26. The zero-order valence-corrected chi connectivity index (χ0v) is 22.1. The number of fused-ring (bicyclic) bond motifs is 1. The molecule has 2 aliphatic heterocycles. The SMILES string of the molecule is Cc1cncc2c1c(CC1CN(CC3CCC(=O)NC3)C1)cn2-c1ccc(F)cc1C(=O)N(C)C(C)C. The van der Waals surface area contributed by atoms with Crippen LogP contribution in [0.3, 0.4) is 0 Å². The molecule has 0 aliphatic carbocycles. The van der Waals surface area contributed by atoms with Crippen molar-refractivity contribution in [2.75, 3.05) is 33.2 Å². The van der Waals surface area contributed by atoms with E-state index in [0.717, 1.165) is 55.5 Å². The van der Waals surface area contributed by atoms with Gasteiger partial charge in [-0.1, -0.05) is 0 Å².